The third-order valence-electron chi connectivity index (χ3n) is 1.86. The molecule has 0 aliphatic rings. The van der Waals surface area contributed by atoms with E-state index in [4.69, 9.17) is 5.26 Å². The van der Waals surface area contributed by atoms with E-state index in [0.29, 0.717) is 6.42 Å². The molecule has 58 valence electrons. The average molecular weight is 158 g/mol. The highest BCUT2D eigenvalue weighted by molar-refractivity contribution is 5.80. The second-order valence-electron chi connectivity index (χ2n) is 2.72. The number of hydrogen-bond acceptors (Lipinski definition) is 1. The van der Waals surface area contributed by atoms with Gasteiger partial charge in [-0.3, -0.25) is 0 Å². The van der Waals surface area contributed by atoms with Crippen molar-refractivity contribution in [3.8, 4) is 6.07 Å². The van der Waals surface area contributed by atoms with Gasteiger partial charge in [-0.1, -0.05) is 18.2 Å². The average Bonchev–Trinajstić information content (AvgIpc) is 2.47. The van der Waals surface area contributed by atoms with Crippen LogP contribution in [0.15, 0.2) is 30.3 Å². The van der Waals surface area contributed by atoms with Gasteiger partial charge in [0.05, 0.1) is 12.5 Å². The van der Waals surface area contributed by atoms with Crippen molar-refractivity contribution < 1.29 is 0 Å². The van der Waals surface area contributed by atoms with Gasteiger partial charge >= 0.3 is 0 Å². The Bertz CT molecular complexity index is 401. The lowest BCUT2D eigenvalue weighted by Gasteiger charge is -1.84. The predicted octanol–water partition coefficient (Wildman–Crippen LogP) is 2.23. The number of fused-ring (bicyclic) bond motifs is 1. The van der Waals surface area contributed by atoms with Gasteiger partial charge in [-0.25, -0.2) is 0 Å². The zero-order valence-corrected chi connectivity index (χ0v) is 6.54. The van der Waals surface area contributed by atoms with Gasteiger partial charge in [-0.2, -0.15) is 5.26 Å². The summed E-state index contributed by atoms with van der Waals surface area (Å²) in [6, 6.07) is 12.1. The standard InChI is InChI=1S/C10H8N2/c11-6-5-9-7-8-3-1-2-4-10(8)12-9/h1-4,7,12H,5H2/i6+1,11+1. The Morgan fingerprint density at radius 2 is 2.17 bits per heavy atom. The van der Waals surface area contributed by atoms with E-state index in [-0.39, 0.29) is 0 Å². The number of aromatic amines is 1. The lowest BCUT2D eigenvalue weighted by Crippen LogP contribution is -1.77. The van der Waals surface area contributed by atoms with Gasteiger partial charge in [0.15, 0.2) is 0 Å². The van der Waals surface area contributed by atoms with Crippen molar-refractivity contribution >= 4 is 10.9 Å². The summed E-state index contributed by atoms with van der Waals surface area (Å²) in [6.07, 6.45) is 0.453. The van der Waals surface area contributed by atoms with Crippen molar-refractivity contribution in [2.75, 3.05) is 0 Å². The number of aromatic nitrogens is 1. The molecule has 0 bridgehead atoms. The van der Waals surface area contributed by atoms with Gasteiger partial charge < -0.3 is 4.98 Å². The van der Waals surface area contributed by atoms with Crippen LogP contribution in [0.4, 0.5) is 0 Å². The van der Waals surface area contributed by atoms with Crippen LogP contribution in [0, 0.1) is 11.3 Å². The largest absolute Gasteiger partial charge is 0.358 e. The molecule has 1 heterocycles. The molecule has 0 fully saturated rings. The summed E-state index contributed by atoms with van der Waals surface area (Å²) < 4.78 is 0. The van der Waals surface area contributed by atoms with E-state index < -0.39 is 0 Å². The minimum atomic E-state index is 0.453. The Kier molecular flexibility index (Phi) is 1.56. The summed E-state index contributed by atoms with van der Waals surface area (Å²) in [5, 5.41) is 9.64. The lowest BCUT2D eigenvalue weighted by atomic mass is 10.2. The van der Waals surface area contributed by atoms with Gasteiger partial charge in [0.25, 0.3) is 0 Å². The van der Waals surface area contributed by atoms with Crippen LogP contribution in [0.1, 0.15) is 5.69 Å². The molecule has 0 radical (unpaired) electrons. The Morgan fingerprint density at radius 3 is 2.92 bits per heavy atom. The molecule has 0 aliphatic heterocycles. The quantitative estimate of drug-likeness (QED) is 0.501. The molecule has 12 heavy (non-hydrogen) atoms. The summed E-state index contributed by atoms with van der Waals surface area (Å²) in [5.41, 5.74) is 2.08. The summed E-state index contributed by atoms with van der Waals surface area (Å²) in [7, 11) is 0. The number of rotatable bonds is 1. The first-order valence-electron chi connectivity index (χ1n) is 3.84. The molecule has 0 atom stereocenters. The molecule has 0 amide bonds. The first-order valence-corrected chi connectivity index (χ1v) is 3.84. The van der Waals surface area contributed by atoms with Crippen LogP contribution >= 0.6 is 0 Å². The highest BCUT2D eigenvalue weighted by Gasteiger charge is 1.97. The van der Waals surface area contributed by atoms with E-state index in [0.717, 1.165) is 11.2 Å². The lowest BCUT2D eigenvalue weighted by molar-refractivity contribution is 1.17. The maximum absolute atomic E-state index is 8.47. The zero-order chi connectivity index (χ0) is 8.39. The van der Waals surface area contributed by atoms with Crippen molar-refractivity contribution in [1.82, 2.24) is 4.98 Å². The van der Waals surface area contributed by atoms with E-state index in [2.05, 4.69) is 11.1 Å². The highest BCUT2D eigenvalue weighted by Crippen LogP contribution is 2.14. The van der Waals surface area contributed by atoms with Gasteiger partial charge in [-0.05, 0) is 17.5 Å². The topological polar surface area (TPSA) is 39.6 Å². The number of H-pyrrole nitrogens is 1. The van der Waals surface area contributed by atoms with Crippen molar-refractivity contribution in [2.24, 2.45) is 0 Å². The van der Waals surface area contributed by atoms with Gasteiger partial charge in [0.2, 0.25) is 0 Å². The minimum Gasteiger partial charge on any atom is -0.358 e. The maximum atomic E-state index is 8.47. The molecule has 0 saturated carbocycles. The summed E-state index contributed by atoms with van der Waals surface area (Å²) >= 11 is 0. The fourth-order valence-corrected chi connectivity index (χ4v) is 1.31. The molecule has 0 aliphatic carbocycles. The molecule has 2 rings (SSSR count). The molecule has 2 aromatic rings. The molecule has 1 N–H and O–H groups in total. The monoisotopic (exact) mass is 158 g/mol. The molecule has 2 nitrogen and oxygen atoms in total. The third kappa shape index (κ3) is 1.06. The van der Waals surface area contributed by atoms with E-state index in [1.165, 1.54) is 5.39 Å². The van der Waals surface area contributed by atoms with Gasteiger partial charge in [0, 0.05) is 11.2 Å². The van der Waals surface area contributed by atoms with Crippen LogP contribution in [0.3, 0.4) is 0 Å². The first-order chi connectivity index (χ1) is 5.90. The molecule has 1 aromatic carbocycles. The Labute approximate surface area is 70.4 Å². The molecule has 0 spiro atoms. The number of para-hydroxylation sites is 1. The molecule has 0 saturated heterocycles. The first kappa shape index (κ1) is 6.93. The Morgan fingerprint density at radius 1 is 1.33 bits per heavy atom. The molecule has 1 aromatic heterocycles. The second kappa shape index (κ2) is 2.71. The van der Waals surface area contributed by atoms with Crippen LogP contribution < -0.4 is 0 Å². The summed E-state index contributed by atoms with van der Waals surface area (Å²) in [4.78, 5) is 3.17. The Hall–Kier alpha value is -1.75. The fourth-order valence-electron chi connectivity index (χ4n) is 1.31. The van der Waals surface area contributed by atoms with Crippen LogP contribution in [-0.2, 0) is 6.42 Å². The highest BCUT2D eigenvalue weighted by atomic mass is 15.2. The van der Waals surface area contributed by atoms with Crippen LogP contribution in [0.25, 0.3) is 10.9 Å². The van der Waals surface area contributed by atoms with Gasteiger partial charge in [-0.15, -0.1) is 0 Å². The maximum Gasteiger partial charge on any atom is 0.0752 e. The molecule has 0 unspecified atom stereocenters. The van der Waals surface area contributed by atoms with Crippen molar-refractivity contribution in [3.05, 3.63) is 36.0 Å². The van der Waals surface area contributed by atoms with Crippen molar-refractivity contribution in [1.29, 1.82) is 5.26 Å². The number of benzene rings is 1. The van der Waals surface area contributed by atoms with Crippen molar-refractivity contribution in [3.63, 3.8) is 0 Å². The molecule has 2 heteroatoms. The predicted molar refractivity (Wildman–Crippen MR) is 47.6 cm³/mol. The third-order valence-corrected chi connectivity index (χ3v) is 1.86. The second-order valence-corrected chi connectivity index (χ2v) is 2.72. The minimum absolute atomic E-state index is 0.453. The Balaban J connectivity index is 2.56. The summed E-state index contributed by atoms with van der Waals surface area (Å²) in [6.45, 7) is 0. The van der Waals surface area contributed by atoms with Gasteiger partial charge in [0.1, 0.15) is 0 Å². The molecular weight excluding hydrogens is 150 g/mol. The number of nitriles is 1. The van der Waals surface area contributed by atoms with E-state index in [9.17, 15) is 0 Å². The normalized spacial score (nSPS) is 9.92. The SMILES string of the molecule is [15N]#[13C]Cc1cc2ccccc2[nH]1. The smallest absolute Gasteiger partial charge is 0.0752 e. The van der Waals surface area contributed by atoms with E-state index in [1.807, 2.05) is 30.3 Å². The van der Waals surface area contributed by atoms with E-state index >= 15 is 0 Å². The number of hydrogen-bond donors (Lipinski definition) is 1. The van der Waals surface area contributed by atoms with Crippen LogP contribution in [-0.4, -0.2) is 4.98 Å². The zero-order valence-electron chi connectivity index (χ0n) is 6.54. The van der Waals surface area contributed by atoms with E-state index in [1.54, 1.807) is 0 Å². The number of nitrogens with zero attached hydrogens (tertiary/aromatic N) is 1. The van der Waals surface area contributed by atoms with Crippen LogP contribution in [0.5, 0.6) is 0 Å². The fraction of sp³-hybridized carbons (Fsp3) is 0.100. The van der Waals surface area contributed by atoms with Crippen molar-refractivity contribution in [2.45, 2.75) is 6.42 Å². The summed E-state index contributed by atoms with van der Waals surface area (Å²) in [5.74, 6) is 0. The van der Waals surface area contributed by atoms with Crippen LogP contribution in [0.2, 0.25) is 0 Å². The molecular formula is C10H8N2. The number of nitrogens with one attached hydrogen (secondary N) is 1.